The largest absolute Gasteiger partial charge is 0.245 e. The van der Waals surface area contributed by atoms with Gasteiger partial charge in [-0.2, -0.15) is 0 Å². The Hall–Kier alpha value is -0.690. The minimum atomic E-state index is -1.06. The number of rotatable bonds is 2. The van der Waals surface area contributed by atoms with E-state index >= 15 is 0 Å². The van der Waals surface area contributed by atoms with E-state index in [2.05, 4.69) is 4.99 Å². The first-order chi connectivity index (χ1) is 4.48. The lowest BCUT2D eigenvalue weighted by molar-refractivity contribution is 0.171. The summed E-state index contributed by atoms with van der Waals surface area (Å²) in [6.45, 7) is 5.21. The van der Waals surface area contributed by atoms with E-state index in [1.807, 2.05) is 0 Å². The highest BCUT2D eigenvalue weighted by atomic mass is 19.1. The third-order valence-electron chi connectivity index (χ3n) is 1.26. The lowest BCUT2D eigenvalue weighted by atomic mass is 9.90. The molecule has 0 N–H and O–H groups in total. The predicted octanol–water partition coefficient (Wildman–Crippen LogP) is 1.71. The molecule has 0 fully saturated rings. The summed E-state index contributed by atoms with van der Waals surface area (Å²) >= 11 is 0. The third kappa shape index (κ3) is 3.36. The Morgan fingerprint density at radius 2 is 2.10 bits per heavy atom. The Bertz CT molecular complexity index is 144. The van der Waals surface area contributed by atoms with Crippen molar-refractivity contribution in [2.75, 3.05) is 6.54 Å². The van der Waals surface area contributed by atoms with Crippen molar-refractivity contribution in [2.45, 2.75) is 26.9 Å². The molecular formula is C7H12FNO. The van der Waals surface area contributed by atoms with Gasteiger partial charge in [0.25, 0.3) is 0 Å². The van der Waals surface area contributed by atoms with Crippen molar-refractivity contribution in [1.29, 1.82) is 0 Å². The van der Waals surface area contributed by atoms with Crippen LogP contribution in [0.3, 0.4) is 0 Å². The molecule has 10 heavy (non-hydrogen) atoms. The number of carbonyl (C=O) groups excluding carboxylic acids is 1. The van der Waals surface area contributed by atoms with Gasteiger partial charge < -0.3 is 0 Å². The van der Waals surface area contributed by atoms with Crippen LogP contribution in [0, 0.1) is 5.41 Å². The fraction of sp³-hybridized carbons (Fsp3) is 0.857. The van der Waals surface area contributed by atoms with Crippen molar-refractivity contribution >= 4 is 6.08 Å². The standard InChI is InChI=1S/C7H12FNO/c1-7(2,3)6(8)4-9-5-10/h6H,4H2,1-3H3. The molecule has 0 aliphatic rings. The van der Waals surface area contributed by atoms with Crippen LogP contribution in [-0.2, 0) is 4.79 Å². The Kier molecular flexibility index (Phi) is 3.23. The fourth-order valence-electron chi connectivity index (χ4n) is 0.391. The zero-order chi connectivity index (χ0) is 8.20. The van der Waals surface area contributed by atoms with Gasteiger partial charge in [-0.1, -0.05) is 20.8 Å². The molecule has 0 aromatic rings. The average Bonchev–Trinajstić information content (AvgIpc) is 1.80. The summed E-state index contributed by atoms with van der Waals surface area (Å²) in [4.78, 5) is 12.7. The van der Waals surface area contributed by atoms with Gasteiger partial charge in [-0.3, -0.25) is 0 Å². The number of hydrogen-bond acceptors (Lipinski definition) is 2. The van der Waals surface area contributed by atoms with Gasteiger partial charge in [-0.25, -0.2) is 14.2 Å². The molecule has 0 amide bonds. The molecular weight excluding hydrogens is 133 g/mol. The Labute approximate surface area is 60.2 Å². The molecule has 0 saturated heterocycles. The zero-order valence-corrected chi connectivity index (χ0v) is 6.52. The second kappa shape index (κ2) is 3.47. The molecule has 2 nitrogen and oxygen atoms in total. The van der Waals surface area contributed by atoms with Crippen LogP contribution in [0.1, 0.15) is 20.8 Å². The van der Waals surface area contributed by atoms with Crippen LogP contribution in [0.5, 0.6) is 0 Å². The van der Waals surface area contributed by atoms with Crippen molar-refractivity contribution in [1.82, 2.24) is 0 Å². The summed E-state index contributed by atoms with van der Waals surface area (Å²) in [7, 11) is 0. The first-order valence-corrected chi connectivity index (χ1v) is 3.16. The van der Waals surface area contributed by atoms with Crippen molar-refractivity contribution in [3.05, 3.63) is 0 Å². The van der Waals surface area contributed by atoms with Crippen molar-refractivity contribution in [3.63, 3.8) is 0 Å². The Balaban J connectivity index is 3.84. The summed E-state index contributed by atoms with van der Waals surface area (Å²) in [5.74, 6) is 0. The van der Waals surface area contributed by atoms with Crippen LogP contribution in [0.4, 0.5) is 4.39 Å². The minimum absolute atomic E-state index is 0.0764. The summed E-state index contributed by atoms with van der Waals surface area (Å²) in [6.07, 6.45) is 0.245. The molecule has 0 saturated carbocycles. The summed E-state index contributed by atoms with van der Waals surface area (Å²) in [5, 5.41) is 0. The van der Waals surface area contributed by atoms with Crippen LogP contribution in [0.15, 0.2) is 4.99 Å². The van der Waals surface area contributed by atoms with Crippen LogP contribution in [0.25, 0.3) is 0 Å². The van der Waals surface area contributed by atoms with Gasteiger partial charge >= 0.3 is 0 Å². The summed E-state index contributed by atoms with van der Waals surface area (Å²) in [6, 6.07) is 0. The van der Waals surface area contributed by atoms with E-state index in [1.165, 1.54) is 6.08 Å². The van der Waals surface area contributed by atoms with E-state index in [-0.39, 0.29) is 6.54 Å². The number of alkyl halides is 1. The van der Waals surface area contributed by atoms with Gasteiger partial charge in [0.05, 0.1) is 6.54 Å². The maximum absolute atomic E-state index is 12.8. The first-order valence-electron chi connectivity index (χ1n) is 3.16. The van der Waals surface area contributed by atoms with Gasteiger partial charge in [-0.15, -0.1) is 0 Å². The maximum atomic E-state index is 12.8. The molecule has 0 spiro atoms. The van der Waals surface area contributed by atoms with E-state index < -0.39 is 11.6 Å². The minimum Gasteiger partial charge on any atom is -0.245 e. The molecule has 1 atom stereocenters. The quantitative estimate of drug-likeness (QED) is 0.429. The van der Waals surface area contributed by atoms with Gasteiger partial charge in [-0.05, 0) is 5.41 Å². The third-order valence-corrected chi connectivity index (χ3v) is 1.26. The molecule has 1 unspecified atom stereocenters. The first kappa shape index (κ1) is 9.31. The molecule has 3 heteroatoms. The molecule has 0 radical (unpaired) electrons. The molecule has 0 rings (SSSR count). The fourth-order valence-corrected chi connectivity index (χ4v) is 0.391. The van der Waals surface area contributed by atoms with Crippen LogP contribution in [-0.4, -0.2) is 18.8 Å². The van der Waals surface area contributed by atoms with Crippen molar-refractivity contribution < 1.29 is 9.18 Å². The second-order valence-corrected chi connectivity index (χ2v) is 3.27. The Morgan fingerprint density at radius 3 is 2.40 bits per heavy atom. The number of halogens is 1. The van der Waals surface area contributed by atoms with Crippen LogP contribution in [0.2, 0.25) is 0 Å². The zero-order valence-electron chi connectivity index (χ0n) is 6.52. The second-order valence-electron chi connectivity index (χ2n) is 3.27. The van der Waals surface area contributed by atoms with Crippen LogP contribution < -0.4 is 0 Å². The lowest BCUT2D eigenvalue weighted by Gasteiger charge is -2.20. The van der Waals surface area contributed by atoms with Gasteiger partial charge in [0, 0.05) is 0 Å². The van der Waals surface area contributed by atoms with Gasteiger partial charge in [0.1, 0.15) is 6.17 Å². The summed E-state index contributed by atoms with van der Waals surface area (Å²) in [5.41, 5.74) is -0.430. The van der Waals surface area contributed by atoms with E-state index in [9.17, 15) is 9.18 Å². The number of hydrogen-bond donors (Lipinski definition) is 0. The van der Waals surface area contributed by atoms with Crippen LogP contribution >= 0.6 is 0 Å². The monoisotopic (exact) mass is 145 g/mol. The highest BCUT2D eigenvalue weighted by Gasteiger charge is 2.23. The lowest BCUT2D eigenvalue weighted by Crippen LogP contribution is -2.24. The molecule has 0 bridgehead atoms. The summed E-state index contributed by atoms with van der Waals surface area (Å²) < 4.78 is 12.8. The number of isocyanates is 1. The maximum Gasteiger partial charge on any atom is 0.235 e. The van der Waals surface area contributed by atoms with E-state index in [0.717, 1.165) is 0 Å². The highest BCUT2D eigenvalue weighted by molar-refractivity contribution is 5.32. The van der Waals surface area contributed by atoms with Gasteiger partial charge in [0.2, 0.25) is 6.08 Å². The van der Waals surface area contributed by atoms with E-state index in [4.69, 9.17) is 0 Å². The van der Waals surface area contributed by atoms with E-state index in [1.54, 1.807) is 20.8 Å². The Morgan fingerprint density at radius 1 is 1.60 bits per heavy atom. The van der Waals surface area contributed by atoms with E-state index in [0.29, 0.717) is 0 Å². The SMILES string of the molecule is CC(C)(C)C(F)CN=C=O. The molecule has 0 aliphatic carbocycles. The molecule has 0 aliphatic heterocycles. The van der Waals surface area contributed by atoms with Gasteiger partial charge in [0.15, 0.2) is 0 Å². The topological polar surface area (TPSA) is 29.4 Å². The van der Waals surface area contributed by atoms with Crippen molar-refractivity contribution in [3.8, 4) is 0 Å². The predicted molar refractivity (Wildman–Crippen MR) is 37.3 cm³/mol. The highest BCUT2D eigenvalue weighted by Crippen LogP contribution is 2.21. The smallest absolute Gasteiger partial charge is 0.235 e. The average molecular weight is 145 g/mol. The molecule has 0 heterocycles. The molecule has 0 aromatic heterocycles. The molecule has 58 valence electrons. The number of nitrogens with zero attached hydrogens (tertiary/aromatic N) is 1. The van der Waals surface area contributed by atoms with Crippen molar-refractivity contribution in [2.24, 2.45) is 10.4 Å². The molecule has 0 aromatic carbocycles. The number of aliphatic imine (C=N–C) groups is 1. The normalized spacial score (nSPS) is 14.0.